The third kappa shape index (κ3) is 6.03. The minimum Gasteiger partial charge on any atom is -0.410 e. The molecule has 3 aliphatic rings. The first-order valence-electron chi connectivity index (χ1n) is 13.4. The Morgan fingerprint density at radius 1 is 0.897 bits per heavy atom. The molecule has 2 saturated heterocycles. The van der Waals surface area contributed by atoms with E-state index in [1.54, 1.807) is 29.0 Å². The van der Waals surface area contributed by atoms with Crippen LogP contribution < -0.4 is 4.74 Å². The summed E-state index contributed by atoms with van der Waals surface area (Å²) < 4.78 is 31.9. The summed E-state index contributed by atoms with van der Waals surface area (Å²) in [6.07, 6.45) is 0.252. The molecule has 2 unspecified atom stereocenters. The smallest absolute Gasteiger partial charge is 0.410 e. The van der Waals surface area contributed by atoms with Crippen LogP contribution >= 0.6 is 11.6 Å². The number of carbonyl (C=O) groups is 3. The summed E-state index contributed by atoms with van der Waals surface area (Å²) in [7, 11) is 1.64. The largest absolute Gasteiger partial charge is 0.415 e. The zero-order valence-electron chi connectivity index (χ0n) is 21.8. The van der Waals surface area contributed by atoms with Crippen molar-refractivity contribution in [3.8, 4) is 5.75 Å². The van der Waals surface area contributed by atoms with Gasteiger partial charge < -0.3 is 19.4 Å². The second-order valence-electron chi connectivity index (χ2n) is 10.8. The fraction of sp³-hybridized carbons (Fsp3) is 0.483. The molecule has 0 radical (unpaired) electrons. The Hall–Kier alpha value is -3.20. The van der Waals surface area contributed by atoms with Crippen LogP contribution in [0.5, 0.6) is 5.75 Å². The number of hydrogen-bond acceptors (Lipinski definition) is 4. The number of carbonyl (C=O) groups excluding carboxylic acids is 3. The normalized spacial score (nSPS) is 25.2. The first kappa shape index (κ1) is 27.4. The fourth-order valence-corrected chi connectivity index (χ4v) is 5.95. The number of alkyl halides is 1. The maximum absolute atomic E-state index is 13.6. The summed E-state index contributed by atoms with van der Waals surface area (Å²) in [4.78, 5) is 44.3. The van der Waals surface area contributed by atoms with Crippen molar-refractivity contribution >= 4 is 29.5 Å². The number of piperidine rings is 1. The van der Waals surface area contributed by atoms with Crippen molar-refractivity contribution in [2.24, 2.45) is 11.8 Å². The van der Waals surface area contributed by atoms with Crippen LogP contribution in [0, 0.1) is 17.7 Å². The first-order chi connectivity index (χ1) is 18.7. The van der Waals surface area contributed by atoms with E-state index in [9.17, 15) is 23.2 Å². The number of likely N-dealkylation sites (tertiary alicyclic amines) is 2. The second kappa shape index (κ2) is 11.5. The van der Waals surface area contributed by atoms with Gasteiger partial charge in [-0.2, -0.15) is 0 Å². The Morgan fingerprint density at radius 3 is 2.13 bits per heavy atom. The maximum Gasteiger partial charge on any atom is 0.415 e. The van der Waals surface area contributed by atoms with E-state index in [-0.39, 0.29) is 41.4 Å². The van der Waals surface area contributed by atoms with Crippen molar-refractivity contribution in [3.05, 3.63) is 64.9 Å². The summed E-state index contributed by atoms with van der Waals surface area (Å²) in [5.41, 5.74) is 0.952. The number of nitrogens with zero attached hydrogens (tertiary/aromatic N) is 3. The Morgan fingerprint density at radius 2 is 1.51 bits per heavy atom. The molecule has 208 valence electrons. The number of rotatable bonds is 5. The molecule has 10 heteroatoms. The molecule has 2 aromatic rings. The molecule has 2 aromatic carbocycles. The maximum atomic E-state index is 13.6. The quantitative estimate of drug-likeness (QED) is 0.523. The SMILES string of the molecule is CN(C(=O)Oc1ccc(F)cc1)C1CN(C(=O)C2CCN(C(=O)C3CC(F)C3)CC2)CC1c1ccc(Cl)cc1. The lowest BCUT2D eigenvalue weighted by atomic mass is 9.82. The van der Waals surface area contributed by atoms with Gasteiger partial charge >= 0.3 is 6.09 Å². The molecule has 3 fully saturated rings. The summed E-state index contributed by atoms with van der Waals surface area (Å²) in [6.45, 7) is 1.74. The third-order valence-corrected chi connectivity index (χ3v) is 8.54. The summed E-state index contributed by atoms with van der Waals surface area (Å²) in [6, 6.07) is 12.2. The van der Waals surface area contributed by atoms with Gasteiger partial charge in [-0.3, -0.25) is 9.59 Å². The zero-order chi connectivity index (χ0) is 27.7. The molecule has 1 aliphatic carbocycles. The Bertz CT molecular complexity index is 1200. The number of amides is 3. The van der Waals surface area contributed by atoms with Gasteiger partial charge in [0.2, 0.25) is 11.8 Å². The van der Waals surface area contributed by atoms with E-state index in [1.165, 1.54) is 29.2 Å². The molecular formula is C29H32ClF2N3O4. The van der Waals surface area contributed by atoms with E-state index < -0.39 is 18.1 Å². The van der Waals surface area contributed by atoms with Crippen LogP contribution in [0.25, 0.3) is 0 Å². The van der Waals surface area contributed by atoms with Gasteiger partial charge in [-0.1, -0.05) is 23.7 Å². The van der Waals surface area contributed by atoms with Crippen molar-refractivity contribution < 1.29 is 27.9 Å². The highest BCUT2D eigenvalue weighted by atomic mass is 35.5. The molecular weight excluding hydrogens is 528 g/mol. The molecule has 0 aromatic heterocycles. The molecule has 1 saturated carbocycles. The Labute approximate surface area is 231 Å². The first-order valence-corrected chi connectivity index (χ1v) is 13.7. The van der Waals surface area contributed by atoms with Crippen LogP contribution in [0.4, 0.5) is 13.6 Å². The topological polar surface area (TPSA) is 70.2 Å². The van der Waals surface area contributed by atoms with Gasteiger partial charge in [0.05, 0.1) is 6.04 Å². The average molecular weight is 560 g/mol. The number of hydrogen-bond donors (Lipinski definition) is 0. The molecule has 5 rings (SSSR count). The van der Waals surface area contributed by atoms with Gasteiger partial charge in [0.15, 0.2) is 0 Å². The highest BCUT2D eigenvalue weighted by molar-refractivity contribution is 6.30. The van der Waals surface area contributed by atoms with Gasteiger partial charge in [-0.05, 0) is 67.6 Å². The van der Waals surface area contributed by atoms with E-state index in [0.717, 1.165) is 5.56 Å². The fourth-order valence-electron chi connectivity index (χ4n) is 5.82. The minimum atomic E-state index is -0.874. The molecule has 0 bridgehead atoms. The zero-order valence-corrected chi connectivity index (χ0v) is 22.5. The van der Waals surface area contributed by atoms with Crippen LogP contribution in [-0.4, -0.2) is 78.0 Å². The molecule has 2 atom stereocenters. The second-order valence-corrected chi connectivity index (χ2v) is 11.2. The van der Waals surface area contributed by atoms with Crippen molar-refractivity contribution in [1.82, 2.24) is 14.7 Å². The lowest BCUT2D eigenvalue weighted by Crippen LogP contribution is -2.48. The molecule has 0 N–H and O–H groups in total. The van der Waals surface area contributed by atoms with Gasteiger partial charge in [-0.15, -0.1) is 0 Å². The summed E-state index contributed by atoms with van der Waals surface area (Å²) in [5.74, 6) is -0.792. The molecule has 2 heterocycles. The Kier molecular flexibility index (Phi) is 8.07. The van der Waals surface area contributed by atoms with E-state index in [0.29, 0.717) is 56.9 Å². The molecule has 7 nitrogen and oxygen atoms in total. The number of benzene rings is 2. The van der Waals surface area contributed by atoms with Gasteiger partial charge in [0.25, 0.3) is 0 Å². The van der Waals surface area contributed by atoms with Crippen molar-refractivity contribution in [1.29, 1.82) is 0 Å². The van der Waals surface area contributed by atoms with Crippen LogP contribution in [0.2, 0.25) is 5.02 Å². The monoisotopic (exact) mass is 559 g/mol. The van der Waals surface area contributed by atoms with Crippen molar-refractivity contribution in [3.63, 3.8) is 0 Å². The molecule has 2 aliphatic heterocycles. The predicted molar refractivity (Wildman–Crippen MR) is 142 cm³/mol. The van der Waals surface area contributed by atoms with E-state index in [4.69, 9.17) is 16.3 Å². The van der Waals surface area contributed by atoms with Crippen LogP contribution in [0.3, 0.4) is 0 Å². The van der Waals surface area contributed by atoms with Gasteiger partial charge in [0, 0.05) is 56.0 Å². The van der Waals surface area contributed by atoms with E-state index in [1.807, 2.05) is 12.1 Å². The highest BCUT2D eigenvalue weighted by Crippen LogP contribution is 2.35. The Balaban J connectivity index is 1.25. The number of ether oxygens (including phenoxy) is 1. The highest BCUT2D eigenvalue weighted by Gasteiger charge is 2.43. The molecule has 39 heavy (non-hydrogen) atoms. The van der Waals surface area contributed by atoms with Crippen molar-refractivity contribution in [2.75, 3.05) is 33.2 Å². The standard InChI is InChI=1S/C29H32ClF2N3O4/c1-33(29(38)39-24-8-6-22(31)7-9-24)26-17-35(16-25(26)18-2-4-21(30)5-3-18)27(36)19-10-12-34(13-11-19)28(37)20-14-23(32)15-20/h2-9,19-20,23,25-26H,10-17H2,1H3. The number of halogens is 3. The van der Waals surface area contributed by atoms with Crippen LogP contribution in [0.1, 0.15) is 37.2 Å². The van der Waals surface area contributed by atoms with Crippen LogP contribution in [0.15, 0.2) is 48.5 Å². The lowest BCUT2D eigenvalue weighted by Gasteiger charge is -2.38. The van der Waals surface area contributed by atoms with Crippen molar-refractivity contribution in [2.45, 2.75) is 43.8 Å². The predicted octanol–water partition coefficient (Wildman–Crippen LogP) is 4.89. The summed E-state index contributed by atoms with van der Waals surface area (Å²) in [5, 5.41) is 0.593. The van der Waals surface area contributed by atoms with Gasteiger partial charge in [0.1, 0.15) is 17.7 Å². The summed E-state index contributed by atoms with van der Waals surface area (Å²) >= 11 is 6.10. The lowest BCUT2D eigenvalue weighted by molar-refractivity contribution is -0.145. The molecule has 3 amide bonds. The van der Waals surface area contributed by atoms with E-state index in [2.05, 4.69) is 0 Å². The molecule has 0 spiro atoms. The van der Waals surface area contributed by atoms with Crippen LogP contribution in [-0.2, 0) is 9.59 Å². The third-order valence-electron chi connectivity index (χ3n) is 8.29. The van der Waals surface area contributed by atoms with E-state index >= 15 is 0 Å². The number of likely N-dealkylation sites (N-methyl/N-ethyl adjacent to an activating group) is 1. The van der Waals surface area contributed by atoms with Gasteiger partial charge in [-0.25, -0.2) is 13.6 Å². The minimum absolute atomic E-state index is 0.000120. The average Bonchev–Trinajstić information content (AvgIpc) is 3.37.